The highest BCUT2D eigenvalue weighted by Gasteiger charge is 2.11. The maximum atomic E-state index is 11.0. The van der Waals surface area contributed by atoms with Crippen molar-refractivity contribution in [3.05, 3.63) is 24.8 Å². The zero-order valence-corrected chi connectivity index (χ0v) is 8.41. The summed E-state index contributed by atoms with van der Waals surface area (Å²) in [6, 6.07) is 0. The van der Waals surface area contributed by atoms with Crippen LogP contribution >= 0.6 is 0 Å². The Morgan fingerprint density at radius 3 is 2.50 bits per heavy atom. The summed E-state index contributed by atoms with van der Waals surface area (Å²) in [5.74, 6) is -1.03. The molecule has 0 amide bonds. The summed E-state index contributed by atoms with van der Waals surface area (Å²) in [6.07, 6.45) is 0.566. The van der Waals surface area contributed by atoms with E-state index in [1.807, 2.05) is 0 Å². The summed E-state index contributed by atoms with van der Waals surface area (Å²) in [7, 11) is 0. The molecule has 0 aliphatic rings. The first-order valence-corrected chi connectivity index (χ1v) is 4.13. The lowest BCUT2D eigenvalue weighted by molar-refractivity contribution is -0.152. The smallest absolute Gasteiger partial charge is 0.333 e. The molecular weight excluding hydrogens is 184 g/mol. The fraction of sp³-hybridized carbons (Fsp3) is 0.400. The van der Waals surface area contributed by atoms with E-state index in [2.05, 4.69) is 17.9 Å². The van der Waals surface area contributed by atoms with Crippen molar-refractivity contribution >= 4 is 11.9 Å². The van der Waals surface area contributed by atoms with Crippen LogP contribution in [0.2, 0.25) is 0 Å². The van der Waals surface area contributed by atoms with Gasteiger partial charge in [0.1, 0.15) is 12.7 Å². The predicted molar refractivity (Wildman–Crippen MR) is 51.5 cm³/mol. The van der Waals surface area contributed by atoms with Crippen molar-refractivity contribution in [1.82, 2.24) is 0 Å². The lowest BCUT2D eigenvalue weighted by atomic mass is 10.3. The second-order valence-corrected chi connectivity index (χ2v) is 2.83. The molecule has 0 aromatic carbocycles. The summed E-state index contributed by atoms with van der Waals surface area (Å²) in [6.45, 7) is 9.84. The third kappa shape index (κ3) is 5.13. The third-order valence-electron chi connectivity index (χ3n) is 1.28. The van der Waals surface area contributed by atoms with Gasteiger partial charge in [0.05, 0.1) is 0 Å². The fourth-order valence-corrected chi connectivity index (χ4v) is 0.576. The van der Waals surface area contributed by atoms with Gasteiger partial charge in [-0.15, -0.1) is 0 Å². The van der Waals surface area contributed by atoms with Crippen LogP contribution in [-0.2, 0) is 19.1 Å². The van der Waals surface area contributed by atoms with Gasteiger partial charge < -0.3 is 9.47 Å². The molecule has 0 N–H and O–H groups in total. The summed E-state index contributed by atoms with van der Waals surface area (Å²) in [5, 5.41) is 0. The molecule has 0 spiro atoms. The minimum Gasteiger partial charge on any atom is -0.459 e. The molecular formula is C10H14O4. The second-order valence-electron chi connectivity index (χ2n) is 2.83. The normalized spacial score (nSPS) is 11.3. The Morgan fingerprint density at radius 1 is 1.50 bits per heavy atom. The average molecular weight is 198 g/mol. The molecule has 4 heteroatoms. The van der Waals surface area contributed by atoms with E-state index >= 15 is 0 Å². The van der Waals surface area contributed by atoms with Crippen LogP contribution in [0.1, 0.15) is 13.8 Å². The Balaban J connectivity index is 3.81. The molecule has 4 nitrogen and oxygen atoms in total. The van der Waals surface area contributed by atoms with Crippen LogP contribution in [-0.4, -0.2) is 24.6 Å². The fourth-order valence-electron chi connectivity index (χ4n) is 0.576. The van der Waals surface area contributed by atoms with Gasteiger partial charge in [0.15, 0.2) is 0 Å². The molecule has 0 aromatic heterocycles. The summed E-state index contributed by atoms with van der Waals surface area (Å²) in [4.78, 5) is 21.6. The van der Waals surface area contributed by atoms with E-state index in [0.29, 0.717) is 5.57 Å². The number of esters is 2. The van der Waals surface area contributed by atoms with Crippen molar-refractivity contribution in [3.63, 3.8) is 0 Å². The van der Waals surface area contributed by atoms with Crippen molar-refractivity contribution in [2.45, 2.75) is 20.0 Å². The number of rotatable bonds is 5. The van der Waals surface area contributed by atoms with Crippen molar-refractivity contribution in [2.75, 3.05) is 6.61 Å². The molecule has 1 atom stereocenters. The van der Waals surface area contributed by atoms with E-state index in [0.717, 1.165) is 6.08 Å². The summed E-state index contributed by atoms with van der Waals surface area (Å²) in [5.41, 5.74) is 0.312. The SMILES string of the molecule is C=CC(=O)OCC(C)OC(=O)C(=C)C. The molecule has 0 heterocycles. The quantitative estimate of drug-likeness (QED) is 0.492. The minimum absolute atomic E-state index is 0.0177. The molecule has 0 saturated carbocycles. The predicted octanol–water partition coefficient (Wildman–Crippen LogP) is 1.22. The van der Waals surface area contributed by atoms with Crippen molar-refractivity contribution in [3.8, 4) is 0 Å². The van der Waals surface area contributed by atoms with Gasteiger partial charge >= 0.3 is 11.9 Å². The largest absolute Gasteiger partial charge is 0.459 e. The zero-order valence-electron chi connectivity index (χ0n) is 8.41. The summed E-state index contributed by atoms with van der Waals surface area (Å²) < 4.78 is 9.53. The van der Waals surface area contributed by atoms with Gasteiger partial charge in [-0.3, -0.25) is 0 Å². The maximum absolute atomic E-state index is 11.0. The molecule has 0 saturated heterocycles. The topological polar surface area (TPSA) is 52.6 Å². The minimum atomic E-state index is -0.539. The van der Waals surface area contributed by atoms with Gasteiger partial charge in [-0.05, 0) is 13.8 Å². The van der Waals surface area contributed by atoms with Gasteiger partial charge in [-0.1, -0.05) is 13.2 Å². The van der Waals surface area contributed by atoms with Crippen LogP contribution in [0.3, 0.4) is 0 Å². The summed E-state index contributed by atoms with van der Waals surface area (Å²) >= 11 is 0. The molecule has 0 aliphatic heterocycles. The highest BCUT2D eigenvalue weighted by atomic mass is 16.6. The molecule has 78 valence electrons. The maximum Gasteiger partial charge on any atom is 0.333 e. The Morgan fingerprint density at radius 2 is 2.07 bits per heavy atom. The number of ether oxygens (including phenoxy) is 2. The number of carbonyl (C=O) groups excluding carboxylic acids is 2. The van der Waals surface area contributed by atoms with Crippen LogP contribution in [0.25, 0.3) is 0 Å². The third-order valence-corrected chi connectivity index (χ3v) is 1.28. The average Bonchev–Trinajstić information content (AvgIpc) is 2.13. The van der Waals surface area contributed by atoms with Gasteiger partial charge in [-0.25, -0.2) is 9.59 Å². The Hall–Kier alpha value is -1.58. The van der Waals surface area contributed by atoms with Crippen molar-refractivity contribution in [2.24, 2.45) is 0 Å². The first-order valence-electron chi connectivity index (χ1n) is 4.13. The molecule has 0 aromatic rings. The lowest BCUT2D eigenvalue weighted by Gasteiger charge is -2.12. The van der Waals surface area contributed by atoms with Gasteiger partial charge in [0.25, 0.3) is 0 Å². The Bertz CT molecular complexity index is 255. The van der Waals surface area contributed by atoms with Gasteiger partial charge in [0.2, 0.25) is 0 Å². The lowest BCUT2D eigenvalue weighted by Crippen LogP contribution is -2.22. The molecule has 1 unspecified atom stereocenters. The van der Waals surface area contributed by atoms with Gasteiger partial charge in [-0.2, -0.15) is 0 Å². The monoisotopic (exact) mass is 198 g/mol. The van der Waals surface area contributed by atoms with Crippen molar-refractivity contribution < 1.29 is 19.1 Å². The second kappa shape index (κ2) is 5.96. The number of carbonyl (C=O) groups is 2. The highest BCUT2D eigenvalue weighted by molar-refractivity contribution is 5.87. The van der Waals surface area contributed by atoms with Crippen LogP contribution in [0.15, 0.2) is 24.8 Å². The van der Waals surface area contributed by atoms with E-state index < -0.39 is 18.0 Å². The van der Waals surface area contributed by atoms with Crippen LogP contribution in [0.5, 0.6) is 0 Å². The highest BCUT2D eigenvalue weighted by Crippen LogP contribution is 1.99. The van der Waals surface area contributed by atoms with Crippen LogP contribution < -0.4 is 0 Å². The van der Waals surface area contributed by atoms with E-state index in [-0.39, 0.29) is 6.61 Å². The van der Waals surface area contributed by atoms with E-state index in [4.69, 9.17) is 4.74 Å². The number of hydrogen-bond donors (Lipinski definition) is 0. The Kier molecular flexibility index (Phi) is 5.29. The first-order chi connectivity index (χ1) is 6.47. The van der Waals surface area contributed by atoms with Crippen LogP contribution in [0.4, 0.5) is 0 Å². The molecule has 0 bridgehead atoms. The van der Waals surface area contributed by atoms with Crippen molar-refractivity contribution in [1.29, 1.82) is 0 Å². The van der Waals surface area contributed by atoms with Crippen LogP contribution in [0, 0.1) is 0 Å². The van der Waals surface area contributed by atoms with E-state index in [1.165, 1.54) is 0 Å². The van der Waals surface area contributed by atoms with Gasteiger partial charge in [0, 0.05) is 11.6 Å². The molecule has 14 heavy (non-hydrogen) atoms. The zero-order chi connectivity index (χ0) is 11.1. The van der Waals surface area contributed by atoms with E-state index in [9.17, 15) is 9.59 Å². The molecule has 0 rings (SSSR count). The molecule has 0 fully saturated rings. The standard InChI is InChI=1S/C10H14O4/c1-5-9(11)13-6-8(4)14-10(12)7(2)3/h5,8H,1-2,6H2,3-4H3. The number of hydrogen-bond acceptors (Lipinski definition) is 4. The Labute approximate surface area is 83.2 Å². The molecule has 0 aliphatic carbocycles. The molecule has 0 radical (unpaired) electrons. The first kappa shape index (κ1) is 12.4. The van der Waals surface area contributed by atoms with E-state index in [1.54, 1.807) is 13.8 Å².